The fourth-order valence-corrected chi connectivity index (χ4v) is 7.22. The second-order valence-corrected chi connectivity index (χ2v) is 17.4. The van der Waals surface area contributed by atoms with Gasteiger partial charge in [0.2, 0.25) is 5.91 Å². The molecule has 2 rings (SSSR count). The molecule has 0 radical (unpaired) electrons. The number of unbranched alkanes of at least 4 members (excludes halogenated alkanes) is 10. The molecule has 6 atom stereocenters. The molecule has 1 aromatic rings. The lowest BCUT2D eigenvalue weighted by atomic mass is 9.98. The number of carbonyl (C=O) groups excluding carboxylic acids is 3. The van der Waals surface area contributed by atoms with E-state index in [0.717, 1.165) is 108 Å². The van der Waals surface area contributed by atoms with Crippen LogP contribution in [0, 0.1) is 0 Å². The fraction of sp³-hybridized carbons (Fsp3) is 0.618. The van der Waals surface area contributed by atoms with Crippen LogP contribution in [0.2, 0.25) is 0 Å². The van der Waals surface area contributed by atoms with Crippen LogP contribution in [-0.2, 0) is 39.8 Å². The number of hydrogen-bond acceptors (Lipinski definition) is 11. The van der Waals surface area contributed by atoms with E-state index in [9.17, 15) is 34.8 Å². The predicted octanol–water partition coefficient (Wildman–Crippen LogP) is 10.3. The summed E-state index contributed by atoms with van der Waals surface area (Å²) in [7, 11) is 0. The van der Waals surface area contributed by atoms with Gasteiger partial charge in [-0.1, -0.05) is 137 Å². The summed E-state index contributed by atoms with van der Waals surface area (Å²) >= 11 is 0. The maximum atomic E-state index is 13.0. The van der Waals surface area contributed by atoms with Crippen molar-refractivity contribution in [3.05, 3.63) is 102 Å². The number of aliphatic hydroxyl groups is 3. The summed E-state index contributed by atoms with van der Waals surface area (Å²) in [5, 5.41) is 44.2. The van der Waals surface area contributed by atoms with Gasteiger partial charge in [-0.3, -0.25) is 14.4 Å². The number of hydrogen-bond donors (Lipinski definition) is 5. The van der Waals surface area contributed by atoms with Gasteiger partial charge in [0.15, 0.2) is 12.4 Å². The smallest absolute Gasteiger partial charge is 0.306 e. The summed E-state index contributed by atoms with van der Waals surface area (Å²) in [4.78, 5) is 38.4. The zero-order valence-electron chi connectivity index (χ0n) is 40.9. The van der Waals surface area contributed by atoms with Gasteiger partial charge in [0.1, 0.15) is 36.8 Å². The molecule has 1 aliphatic heterocycles. The van der Waals surface area contributed by atoms with Crippen LogP contribution in [-0.4, -0.2) is 94.8 Å². The van der Waals surface area contributed by atoms with Gasteiger partial charge in [0, 0.05) is 25.8 Å². The van der Waals surface area contributed by atoms with Crippen LogP contribution in [0.5, 0.6) is 5.75 Å². The molecule has 12 nitrogen and oxygen atoms in total. The van der Waals surface area contributed by atoms with E-state index in [0.29, 0.717) is 19.3 Å². The second kappa shape index (κ2) is 38.6. The Balaban J connectivity index is 1.82. The Morgan fingerprint density at radius 2 is 1.22 bits per heavy atom. The third-order valence-corrected chi connectivity index (χ3v) is 11.3. The number of nitrogens with one attached hydrogen (secondary N) is 1. The molecule has 67 heavy (non-hydrogen) atoms. The highest BCUT2D eigenvalue weighted by Crippen LogP contribution is 2.23. The molecule has 0 aromatic heterocycles. The monoisotopic (exact) mass is 936 g/mol. The molecule has 12 heteroatoms. The average Bonchev–Trinajstić information content (AvgIpc) is 3.32. The lowest BCUT2D eigenvalue weighted by molar-refractivity contribution is -0.299. The molecule has 1 amide bonds. The first-order valence-corrected chi connectivity index (χ1v) is 25.2. The standard InChI is InChI=1S/C55H85NO11/c1-4-6-8-10-11-12-13-14-15-16-17-18-22-25-29-33-50(59)64-42-47(66-51(60)34-30-26-23-20-19-21-24-28-32-44(3)31-27-9-7-5-2)43-65-55-54(63)53(62)52(61)48(67-55)41-56-49(58)40-37-45-35-38-46(57)39-36-45/h6-9,11-12,14-15,24,28,31,35-36,38-39,47-48,52-55,57,61-63H,4-5,10,13,16-23,25-27,29-30,32-34,37,40-43H2,1-3H3,(H,56,58)/b8-6-,9-7-,12-11-,15-14-,28-24-,44-31-/t47-,48-,52+,53-,54+,55-/m0/s1. The Hall–Kier alpha value is -4.33. The number of ether oxygens (including phenoxy) is 4. The van der Waals surface area contributed by atoms with Gasteiger partial charge in [-0.25, -0.2) is 0 Å². The van der Waals surface area contributed by atoms with Crippen LogP contribution in [0.25, 0.3) is 0 Å². The Bertz CT molecular complexity index is 1650. The van der Waals surface area contributed by atoms with Crippen LogP contribution in [0.4, 0.5) is 0 Å². The summed E-state index contributed by atoms with van der Waals surface area (Å²) in [5.74, 6) is -1.09. The van der Waals surface area contributed by atoms with Gasteiger partial charge in [0.05, 0.1) is 6.61 Å². The number of benzene rings is 1. The van der Waals surface area contributed by atoms with Gasteiger partial charge in [-0.2, -0.15) is 0 Å². The number of aryl methyl sites for hydroxylation is 1. The number of carbonyl (C=O) groups is 3. The lowest BCUT2D eigenvalue weighted by Gasteiger charge is -2.40. The van der Waals surface area contributed by atoms with Gasteiger partial charge in [0.25, 0.3) is 0 Å². The number of esters is 2. The van der Waals surface area contributed by atoms with Crippen LogP contribution in [0.1, 0.15) is 161 Å². The first-order chi connectivity index (χ1) is 32.5. The molecule has 1 heterocycles. The molecule has 0 spiro atoms. The minimum absolute atomic E-state index is 0.128. The maximum absolute atomic E-state index is 13.0. The molecule has 0 saturated carbocycles. The molecule has 1 saturated heterocycles. The summed E-state index contributed by atoms with van der Waals surface area (Å²) in [5.41, 5.74) is 2.22. The van der Waals surface area contributed by atoms with E-state index in [1.807, 2.05) is 0 Å². The molecule has 5 N–H and O–H groups in total. The number of rotatable bonds is 37. The van der Waals surface area contributed by atoms with Crippen LogP contribution in [0.15, 0.2) is 96.7 Å². The first-order valence-electron chi connectivity index (χ1n) is 25.2. The molecule has 0 unspecified atom stereocenters. The average molecular weight is 936 g/mol. The number of amides is 1. The SMILES string of the molecule is CC/C=C\C/C=C\C/C=C\CCCCCCCC(=O)OC[C@@H](CO[C@H]1O[C@@H](CNC(=O)CCc2ccc(O)cc2)[C@@H](O)[C@H](O)[C@H]1O)OC(=O)CCCCCCC/C=C\C/C(C)=C\C/C=C\CC. The highest BCUT2D eigenvalue weighted by Gasteiger charge is 2.44. The minimum Gasteiger partial charge on any atom is -0.508 e. The van der Waals surface area contributed by atoms with Crippen molar-refractivity contribution in [1.82, 2.24) is 5.32 Å². The van der Waals surface area contributed by atoms with E-state index in [1.165, 1.54) is 17.7 Å². The summed E-state index contributed by atoms with van der Waals surface area (Å²) < 4.78 is 22.9. The highest BCUT2D eigenvalue weighted by atomic mass is 16.7. The molecule has 1 aromatic carbocycles. The number of aliphatic hydroxyl groups excluding tert-OH is 3. The van der Waals surface area contributed by atoms with E-state index < -0.39 is 48.7 Å². The van der Waals surface area contributed by atoms with Crippen molar-refractivity contribution in [2.24, 2.45) is 0 Å². The van der Waals surface area contributed by atoms with Crippen molar-refractivity contribution in [2.75, 3.05) is 19.8 Å². The van der Waals surface area contributed by atoms with Crippen molar-refractivity contribution < 1.29 is 53.8 Å². The van der Waals surface area contributed by atoms with Crippen molar-refractivity contribution in [3.8, 4) is 5.75 Å². The molecule has 0 bridgehead atoms. The lowest BCUT2D eigenvalue weighted by Crippen LogP contribution is -2.60. The highest BCUT2D eigenvalue weighted by molar-refractivity contribution is 5.76. The van der Waals surface area contributed by atoms with Crippen LogP contribution < -0.4 is 5.32 Å². The zero-order valence-corrected chi connectivity index (χ0v) is 40.9. The first kappa shape index (κ1) is 58.8. The summed E-state index contributed by atoms with van der Waals surface area (Å²) in [6.07, 6.45) is 34.2. The molecule has 1 aliphatic rings. The number of phenols is 1. The molecular weight excluding hydrogens is 851 g/mol. The summed E-state index contributed by atoms with van der Waals surface area (Å²) in [6, 6.07) is 6.52. The number of phenolic OH excluding ortho intramolecular Hbond substituents is 1. The Morgan fingerprint density at radius 1 is 0.657 bits per heavy atom. The Labute approximate surface area is 402 Å². The van der Waals surface area contributed by atoms with E-state index in [1.54, 1.807) is 12.1 Å². The molecule has 1 fully saturated rings. The van der Waals surface area contributed by atoms with Crippen LogP contribution >= 0.6 is 0 Å². The third kappa shape index (κ3) is 29.9. The van der Waals surface area contributed by atoms with E-state index in [-0.39, 0.29) is 50.7 Å². The van der Waals surface area contributed by atoms with Crippen molar-refractivity contribution >= 4 is 17.8 Å². The predicted molar refractivity (Wildman–Crippen MR) is 266 cm³/mol. The van der Waals surface area contributed by atoms with E-state index >= 15 is 0 Å². The number of aromatic hydroxyl groups is 1. The van der Waals surface area contributed by atoms with Crippen molar-refractivity contribution in [2.45, 2.75) is 199 Å². The van der Waals surface area contributed by atoms with Gasteiger partial charge < -0.3 is 44.7 Å². The van der Waals surface area contributed by atoms with Crippen LogP contribution in [0.3, 0.4) is 0 Å². The van der Waals surface area contributed by atoms with Crippen molar-refractivity contribution in [3.63, 3.8) is 0 Å². The Morgan fingerprint density at radius 3 is 1.88 bits per heavy atom. The van der Waals surface area contributed by atoms with Gasteiger partial charge in [-0.05, 0) is 108 Å². The number of allylic oxidation sites excluding steroid dienone is 12. The van der Waals surface area contributed by atoms with E-state index in [4.69, 9.17) is 18.9 Å². The molecule has 0 aliphatic carbocycles. The minimum atomic E-state index is -1.65. The van der Waals surface area contributed by atoms with Gasteiger partial charge >= 0.3 is 11.9 Å². The molecule has 376 valence electrons. The topological polar surface area (TPSA) is 181 Å². The Kier molecular flexibility index (Phi) is 33.9. The quantitative estimate of drug-likeness (QED) is 0.0243. The zero-order chi connectivity index (χ0) is 48.7. The van der Waals surface area contributed by atoms with Gasteiger partial charge in [-0.15, -0.1) is 0 Å². The largest absolute Gasteiger partial charge is 0.508 e. The normalized spacial score (nSPS) is 19.6. The maximum Gasteiger partial charge on any atom is 0.306 e. The van der Waals surface area contributed by atoms with E-state index in [2.05, 4.69) is 92.9 Å². The summed E-state index contributed by atoms with van der Waals surface area (Å²) in [6.45, 7) is 5.66. The molecular formula is C55H85NO11. The fourth-order valence-electron chi connectivity index (χ4n) is 7.22. The second-order valence-electron chi connectivity index (χ2n) is 17.4. The van der Waals surface area contributed by atoms with Crippen molar-refractivity contribution in [1.29, 1.82) is 0 Å². The third-order valence-electron chi connectivity index (χ3n) is 11.3.